The molecule has 1 saturated heterocycles. The fourth-order valence-electron chi connectivity index (χ4n) is 2.40. The molecule has 0 aromatic carbocycles. The minimum atomic E-state index is 0. The largest absolute Gasteiger partial charge is 0.407 e. The number of hydrogen-bond donors (Lipinski definition) is 2. The van der Waals surface area contributed by atoms with Crippen LogP contribution in [-0.4, -0.2) is 47.8 Å². The molecular weight excluding hydrogens is 301 g/mol. The SMILES string of the molecule is CCCN1CCCC(Nc2nnc(CNC)o2)C1.Cl.Cl. The Labute approximate surface area is 132 Å². The molecule has 8 heteroatoms. The summed E-state index contributed by atoms with van der Waals surface area (Å²) in [7, 11) is 1.86. The van der Waals surface area contributed by atoms with E-state index in [1.807, 2.05) is 7.05 Å². The maximum atomic E-state index is 5.51. The van der Waals surface area contributed by atoms with Gasteiger partial charge in [0.05, 0.1) is 6.54 Å². The predicted molar refractivity (Wildman–Crippen MR) is 84.9 cm³/mol. The zero-order chi connectivity index (χ0) is 12.8. The molecule has 0 saturated carbocycles. The third-order valence-corrected chi connectivity index (χ3v) is 3.17. The number of halogens is 2. The first-order valence-electron chi connectivity index (χ1n) is 6.77. The van der Waals surface area contributed by atoms with Gasteiger partial charge in [-0.15, -0.1) is 29.9 Å². The fourth-order valence-corrected chi connectivity index (χ4v) is 2.40. The molecule has 1 atom stereocenters. The first-order chi connectivity index (χ1) is 8.81. The maximum absolute atomic E-state index is 5.51. The van der Waals surface area contributed by atoms with Crippen molar-refractivity contribution in [3.63, 3.8) is 0 Å². The second kappa shape index (κ2) is 10.2. The van der Waals surface area contributed by atoms with Gasteiger partial charge in [0, 0.05) is 12.6 Å². The summed E-state index contributed by atoms with van der Waals surface area (Å²) in [5, 5.41) is 14.3. The number of nitrogens with one attached hydrogen (secondary N) is 2. The molecular formula is C12H25Cl2N5O. The molecule has 6 nitrogen and oxygen atoms in total. The van der Waals surface area contributed by atoms with Crippen molar-refractivity contribution >= 4 is 30.8 Å². The molecule has 1 aromatic heterocycles. The topological polar surface area (TPSA) is 66.2 Å². The average molecular weight is 326 g/mol. The Morgan fingerprint density at radius 1 is 1.35 bits per heavy atom. The fraction of sp³-hybridized carbons (Fsp3) is 0.833. The van der Waals surface area contributed by atoms with Crippen molar-refractivity contribution < 1.29 is 4.42 Å². The van der Waals surface area contributed by atoms with Gasteiger partial charge >= 0.3 is 6.01 Å². The molecule has 0 bridgehead atoms. The highest BCUT2D eigenvalue weighted by atomic mass is 35.5. The highest BCUT2D eigenvalue weighted by Gasteiger charge is 2.20. The highest BCUT2D eigenvalue weighted by Crippen LogP contribution is 2.15. The lowest BCUT2D eigenvalue weighted by Crippen LogP contribution is -2.42. The summed E-state index contributed by atoms with van der Waals surface area (Å²) >= 11 is 0. The van der Waals surface area contributed by atoms with Gasteiger partial charge in [0.25, 0.3) is 0 Å². The van der Waals surface area contributed by atoms with Gasteiger partial charge in [0.15, 0.2) is 0 Å². The van der Waals surface area contributed by atoms with Gasteiger partial charge in [0.2, 0.25) is 5.89 Å². The molecule has 2 rings (SSSR count). The number of hydrogen-bond acceptors (Lipinski definition) is 6. The first kappa shape index (κ1) is 19.4. The van der Waals surface area contributed by atoms with Crippen LogP contribution in [0.4, 0.5) is 6.01 Å². The smallest absolute Gasteiger partial charge is 0.315 e. The lowest BCUT2D eigenvalue weighted by Gasteiger charge is -2.32. The molecule has 1 unspecified atom stereocenters. The van der Waals surface area contributed by atoms with E-state index < -0.39 is 0 Å². The van der Waals surface area contributed by atoms with Crippen LogP contribution < -0.4 is 10.6 Å². The minimum Gasteiger partial charge on any atom is -0.407 e. The third kappa shape index (κ3) is 5.83. The Balaban J connectivity index is 0.00000180. The molecule has 0 aliphatic carbocycles. The van der Waals surface area contributed by atoms with E-state index in [0.717, 1.165) is 6.54 Å². The van der Waals surface area contributed by atoms with Crippen molar-refractivity contribution in [2.75, 3.05) is 32.0 Å². The normalized spacial score (nSPS) is 19.0. The van der Waals surface area contributed by atoms with Crippen molar-refractivity contribution in [3.8, 4) is 0 Å². The predicted octanol–water partition coefficient (Wildman–Crippen LogP) is 1.92. The van der Waals surface area contributed by atoms with E-state index in [1.54, 1.807) is 0 Å². The third-order valence-electron chi connectivity index (χ3n) is 3.17. The number of piperidine rings is 1. The summed E-state index contributed by atoms with van der Waals surface area (Å²) in [6, 6.07) is 0.969. The summed E-state index contributed by atoms with van der Waals surface area (Å²) in [5.41, 5.74) is 0. The van der Waals surface area contributed by atoms with Gasteiger partial charge in [-0.2, -0.15) is 0 Å². The quantitative estimate of drug-likeness (QED) is 0.833. The first-order valence-corrected chi connectivity index (χ1v) is 6.77. The van der Waals surface area contributed by atoms with Gasteiger partial charge < -0.3 is 20.0 Å². The van der Waals surface area contributed by atoms with Crippen molar-refractivity contribution in [2.24, 2.45) is 0 Å². The Morgan fingerprint density at radius 2 is 2.15 bits per heavy atom. The molecule has 118 valence electrons. The molecule has 1 aliphatic heterocycles. The van der Waals surface area contributed by atoms with Crippen LogP contribution in [0, 0.1) is 0 Å². The van der Waals surface area contributed by atoms with Crippen LogP contribution in [-0.2, 0) is 6.54 Å². The van der Waals surface area contributed by atoms with E-state index in [4.69, 9.17) is 4.42 Å². The number of anilines is 1. The minimum absolute atomic E-state index is 0. The van der Waals surface area contributed by atoms with Gasteiger partial charge in [-0.25, -0.2) is 0 Å². The highest BCUT2D eigenvalue weighted by molar-refractivity contribution is 5.85. The Morgan fingerprint density at radius 3 is 2.85 bits per heavy atom. The molecule has 0 radical (unpaired) electrons. The maximum Gasteiger partial charge on any atom is 0.315 e. The summed E-state index contributed by atoms with van der Waals surface area (Å²) in [6.07, 6.45) is 3.61. The Hall–Kier alpha value is -0.560. The van der Waals surface area contributed by atoms with Crippen molar-refractivity contribution in [3.05, 3.63) is 5.89 Å². The zero-order valence-corrected chi connectivity index (χ0v) is 13.7. The van der Waals surface area contributed by atoms with Crippen molar-refractivity contribution in [2.45, 2.75) is 38.8 Å². The molecule has 20 heavy (non-hydrogen) atoms. The molecule has 0 spiro atoms. The van der Waals surface area contributed by atoms with Gasteiger partial charge in [-0.1, -0.05) is 12.0 Å². The van der Waals surface area contributed by atoms with Crippen LogP contribution in [0.5, 0.6) is 0 Å². The molecule has 0 amide bonds. The second-order valence-electron chi connectivity index (χ2n) is 4.82. The van der Waals surface area contributed by atoms with Crippen molar-refractivity contribution in [1.29, 1.82) is 0 Å². The molecule has 1 aromatic rings. The van der Waals surface area contributed by atoms with Crippen LogP contribution in [0.1, 0.15) is 32.1 Å². The lowest BCUT2D eigenvalue weighted by molar-refractivity contribution is 0.215. The average Bonchev–Trinajstić information content (AvgIpc) is 2.78. The van der Waals surface area contributed by atoms with E-state index in [-0.39, 0.29) is 24.8 Å². The molecule has 1 aliphatic rings. The van der Waals surface area contributed by atoms with Crippen LogP contribution >= 0.6 is 24.8 Å². The Kier molecular flexibility index (Phi) is 9.92. The van der Waals surface area contributed by atoms with Crippen LogP contribution in [0.2, 0.25) is 0 Å². The van der Waals surface area contributed by atoms with Gasteiger partial charge in [0.1, 0.15) is 0 Å². The van der Waals surface area contributed by atoms with E-state index in [2.05, 4.69) is 32.7 Å². The second-order valence-corrected chi connectivity index (χ2v) is 4.82. The number of rotatable bonds is 6. The van der Waals surface area contributed by atoms with Crippen LogP contribution in [0.3, 0.4) is 0 Å². The monoisotopic (exact) mass is 325 g/mol. The molecule has 2 N–H and O–H groups in total. The number of likely N-dealkylation sites (tertiary alicyclic amines) is 1. The van der Waals surface area contributed by atoms with Crippen LogP contribution in [0.15, 0.2) is 4.42 Å². The van der Waals surface area contributed by atoms with E-state index in [0.29, 0.717) is 24.5 Å². The number of nitrogens with zero attached hydrogens (tertiary/aromatic N) is 3. The van der Waals surface area contributed by atoms with E-state index in [1.165, 1.54) is 32.4 Å². The summed E-state index contributed by atoms with van der Waals surface area (Å²) in [6.45, 7) is 6.28. The van der Waals surface area contributed by atoms with Gasteiger partial charge in [-0.05, 0) is 39.4 Å². The van der Waals surface area contributed by atoms with Crippen LogP contribution in [0.25, 0.3) is 0 Å². The lowest BCUT2D eigenvalue weighted by atomic mass is 10.1. The molecule has 1 fully saturated rings. The summed E-state index contributed by atoms with van der Waals surface area (Å²) in [5.74, 6) is 0.626. The molecule has 2 heterocycles. The number of aromatic nitrogens is 2. The summed E-state index contributed by atoms with van der Waals surface area (Å²) < 4.78 is 5.51. The van der Waals surface area contributed by atoms with E-state index in [9.17, 15) is 0 Å². The summed E-state index contributed by atoms with van der Waals surface area (Å²) in [4.78, 5) is 2.49. The zero-order valence-electron chi connectivity index (χ0n) is 12.1. The van der Waals surface area contributed by atoms with Gasteiger partial charge in [-0.3, -0.25) is 0 Å². The standard InChI is InChI=1S/C12H23N5O.2ClH/c1-3-6-17-7-4-5-10(9-17)14-12-16-15-11(18-12)8-13-2;;/h10,13H,3-9H2,1-2H3,(H,14,16);2*1H. The van der Waals surface area contributed by atoms with E-state index >= 15 is 0 Å². The van der Waals surface area contributed by atoms with Crippen molar-refractivity contribution in [1.82, 2.24) is 20.4 Å². The Bertz CT molecular complexity index is 361.